The van der Waals surface area contributed by atoms with Crippen molar-refractivity contribution in [1.29, 1.82) is 0 Å². The highest BCUT2D eigenvalue weighted by molar-refractivity contribution is 8.18. The third-order valence-corrected chi connectivity index (χ3v) is 5.09. The highest BCUT2D eigenvalue weighted by atomic mass is 35.5. The number of methoxy groups -OCH3 is 1. The number of hydrogen-bond acceptors (Lipinski definition) is 5. The van der Waals surface area contributed by atoms with Gasteiger partial charge >= 0.3 is 0 Å². The number of benzene rings is 2. The van der Waals surface area contributed by atoms with Crippen LogP contribution in [0.2, 0.25) is 5.02 Å². The Morgan fingerprint density at radius 2 is 2.00 bits per heavy atom. The lowest BCUT2D eigenvalue weighted by molar-refractivity contribution is -0.123. The normalized spacial score (nSPS) is 15.0. The van der Waals surface area contributed by atoms with Crippen molar-refractivity contribution in [2.24, 2.45) is 0 Å². The van der Waals surface area contributed by atoms with Gasteiger partial charge in [-0.25, -0.2) is 0 Å². The predicted molar refractivity (Wildman–Crippen MR) is 110 cm³/mol. The summed E-state index contributed by atoms with van der Waals surface area (Å²) >= 11 is 7.15. The van der Waals surface area contributed by atoms with Crippen molar-refractivity contribution >= 4 is 40.6 Å². The Morgan fingerprint density at radius 1 is 1.25 bits per heavy atom. The molecule has 1 aliphatic heterocycles. The van der Waals surface area contributed by atoms with Gasteiger partial charge in [0.05, 0.1) is 23.6 Å². The van der Waals surface area contributed by atoms with Crippen LogP contribution in [0.5, 0.6) is 11.5 Å². The van der Waals surface area contributed by atoms with Crippen molar-refractivity contribution in [2.75, 3.05) is 13.7 Å². The number of amides is 2. The van der Waals surface area contributed by atoms with Crippen LogP contribution in [0.1, 0.15) is 11.1 Å². The van der Waals surface area contributed by atoms with Gasteiger partial charge in [0.25, 0.3) is 11.1 Å². The van der Waals surface area contributed by atoms with Gasteiger partial charge in [0.15, 0.2) is 11.5 Å². The molecule has 5 nitrogen and oxygen atoms in total. The number of imide groups is 1. The Balaban J connectivity index is 1.85. The number of ether oxygens (including phenoxy) is 2. The van der Waals surface area contributed by atoms with Crippen molar-refractivity contribution in [2.45, 2.75) is 6.54 Å². The zero-order chi connectivity index (χ0) is 20.1. The third kappa shape index (κ3) is 4.33. The van der Waals surface area contributed by atoms with Gasteiger partial charge < -0.3 is 9.47 Å². The second-order valence-electron chi connectivity index (χ2n) is 5.78. The average Bonchev–Trinajstić information content (AvgIpc) is 2.95. The van der Waals surface area contributed by atoms with Crippen LogP contribution in [-0.2, 0) is 11.3 Å². The number of halogens is 1. The van der Waals surface area contributed by atoms with Gasteiger partial charge in [-0.1, -0.05) is 47.9 Å². The maximum atomic E-state index is 12.7. The zero-order valence-electron chi connectivity index (χ0n) is 15.0. The molecule has 0 aliphatic carbocycles. The van der Waals surface area contributed by atoms with E-state index in [2.05, 4.69) is 5.92 Å². The lowest BCUT2D eigenvalue weighted by Gasteiger charge is -2.12. The summed E-state index contributed by atoms with van der Waals surface area (Å²) in [4.78, 5) is 26.5. The minimum atomic E-state index is -0.346. The van der Waals surface area contributed by atoms with Gasteiger partial charge in [-0.2, -0.15) is 0 Å². The fraction of sp³-hybridized carbons (Fsp3) is 0.143. The fourth-order valence-corrected chi connectivity index (χ4v) is 3.74. The first kappa shape index (κ1) is 19.9. The molecular formula is C21H16ClNO4S. The summed E-state index contributed by atoms with van der Waals surface area (Å²) < 4.78 is 10.7. The topological polar surface area (TPSA) is 55.8 Å². The van der Waals surface area contributed by atoms with Gasteiger partial charge in [-0.05, 0) is 41.1 Å². The van der Waals surface area contributed by atoms with Crippen LogP contribution in [0.25, 0.3) is 6.08 Å². The van der Waals surface area contributed by atoms with E-state index in [4.69, 9.17) is 27.5 Å². The summed E-state index contributed by atoms with van der Waals surface area (Å²) in [5.74, 6) is 2.74. The van der Waals surface area contributed by atoms with Crippen LogP contribution in [0.4, 0.5) is 4.79 Å². The molecule has 0 radical (unpaired) electrons. The molecule has 2 amide bonds. The van der Waals surface area contributed by atoms with E-state index in [-0.39, 0.29) is 24.3 Å². The number of hydrogen-bond donors (Lipinski definition) is 0. The number of thioether (sulfide) groups is 1. The summed E-state index contributed by atoms with van der Waals surface area (Å²) in [6.07, 6.45) is 6.81. The van der Waals surface area contributed by atoms with Crippen LogP contribution in [0.3, 0.4) is 0 Å². The Kier molecular flexibility index (Phi) is 6.30. The highest BCUT2D eigenvalue weighted by Crippen LogP contribution is 2.39. The fourth-order valence-electron chi connectivity index (χ4n) is 2.63. The van der Waals surface area contributed by atoms with E-state index in [1.165, 1.54) is 12.0 Å². The zero-order valence-corrected chi connectivity index (χ0v) is 16.5. The average molecular weight is 414 g/mol. The van der Waals surface area contributed by atoms with E-state index < -0.39 is 0 Å². The number of rotatable bonds is 6. The molecule has 0 aromatic heterocycles. The molecule has 2 aromatic rings. The van der Waals surface area contributed by atoms with Gasteiger partial charge in [0, 0.05) is 0 Å². The molecule has 0 atom stereocenters. The first-order valence-electron chi connectivity index (χ1n) is 8.26. The van der Waals surface area contributed by atoms with Crippen LogP contribution < -0.4 is 9.47 Å². The molecule has 1 fully saturated rings. The van der Waals surface area contributed by atoms with Crippen molar-refractivity contribution in [1.82, 2.24) is 4.90 Å². The van der Waals surface area contributed by atoms with E-state index in [0.29, 0.717) is 27.0 Å². The predicted octanol–water partition coefficient (Wildman–Crippen LogP) is 4.60. The lowest BCUT2D eigenvalue weighted by Crippen LogP contribution is -2.27. The third-order valence-electron chi connectivity index (χ3n) is 3.91. The van der Waals surface area contributed by atoms with Crippen LogP contribution in [-0.4, -0.2) is 29.8 Å². The summed E-state index contributed by atoms with van der Waals surface area (Å²) in [6, 6.07) is 12.6. The number of nitrogens with zero attached hydrogens (tertiary/aromatic N) is 1. The second-order valence-corrected chi connectivity index (χ2v) is 7.18. The molecule has 0 bridgehead atoms. The number of carbonyl (C=O) groups excluding carboxylic acids is 2. The molecule has 3 rings (SSSR count). The van der Waals surface area contributed by atoms with Crippen molar-refractivity contribution in [3.05, 3.63) is 63.5 Å². The Hall–Kier alpha value is -2.88. The number of carbonyl (C=O) groups is 2. The molecular weight excluding hydrogens is 398 g/mol. The maximum Gasteiger partial charge on any atom is 0.293 e. The lowest BCUT2D eigenvalue weighted by atomic mass is 10.1. The Labute approximate surface area is 172 Å². The smallest absolute Gasteiger partial charge is 0.293 e. The Bertz CT molecular complexity index is 982. The van der Waals surface area contributed by atoms with Gasteiger partial charge in [-0.3, -0.25) is 14.5 Å². The van der Waals surface area contributed by atoms with Crippen LogP contribution in [0, 0.1) is 12.3 Å². The summed E-state index contributed by atoms with van der Waals surface area (Å²) in [6.45, 7) is 0.277. The molecule has 1 saturated heterocycles. The van der Waals surface area contributed by atoms with Crippen LogP contribution in [0.15, 0.2) is 47.4 Å². The van der Waals surface area contributed by atoms with E-state index in [1.807, 2.05) is 30.3 Å². The second kappa shape index (κ2) is 8.87. The van der Waals surface area contributed by atoms with E-state index in [9.17, 15) is 9.59 Å². The van der Waals surface area contributed by atoms with E-state index in [0.717, 1.165) is 17.3 Å². The standard InChI is InChI=1S/C21H16ClNO4S/c1-3-9-27-19-16(22)10-15(11-17(19)26-2)12-18-20(24)23(21(25)28-18)13-14-7-5-4-6-8-14/h1,4-8,10-12H,9,13H2,2H3. The van der Waals surface area contributed by atoms with Crippen molar-refractivity contribution in [3.63, 3.8) is 0 Å². The van der Waals surface area contributed by atoms with Gasteiger partial charge in [0.2, 0.25) is 0 Å². The quantitative estimate of drug-likeness (QED) is 0.511. The van der Waals surface area contributed by atoms with Crippen LogP contribution >= 0.6 is 23.4 Å². The van der Waals surface area contributed by atoms with E-state index >= 15 is 0 Å². The largest absolute Gasteiger partial charge is 0.493 e. The molecule has 0 spiro atoms. The molecule has 28 heavy (non-hydrogen) atoms. The van der Waals surface area contributed by atoms with Crippen molar-refractivity contribution in [3.8, 4) is 23.8 Å². The minimum Gasteiger partial charge on any atom is -0.493 e. The van der Waals surface area contributed by atoms with Crippen molar-refractivity contribution < 1.29 is 19.1 Å². The molecule has 2 aromatic carbocycles. The molecule has 0 N–H and O–H groups in total. The van der Waals surface area contributed by atoms with Gasteiger partial charge in [0.1, 0.15) is 6.61 Å². The molecule has 7 heteroatoms. The van der Waals surface area contributed by atoms with Gasteiger partial charge in [-0.15, -0.1) is 6.42 Å². The molecule has 0 saturated carbocycles. The summed E-state index contributed by atoms with van der Waals surface area (Å²) in [5, 5.41) is -0.0171. The SMILES string of the molecule is C#CCOc1c(Cl)cc(C=C2SC(=O)N(Cc3ccccc3)C2=O)cc1OC. The minimum absolute atomic E-state index is 0.0494. The summed E-state index contributed by atoms with van der Waals surface area (Å²) in [7, 11) is 1.48. The first-order chi connectivity index (χ1) is 13.5. The Morgan fingerprint density at radius 3 is 2.68 bits per heavy atom. The molecule has 1 heterocycles. The highest BCUT2D eigenvalue weighted by Gasteiger charge is 2.35. The maximum absolute atomic E-state index is 12.7. The first-order valence-corrected chi connectivity index (χ1v) is 9.46. The van der Waals surface area contributed by atoms with E-state index in [1.54, 1.807) is 18.2 Å². The molecule has 1 aliphatic rings. The number of terminal acetylenes is 1. The molecule has 0 unspecified atom stereocenters. The molecule has 142 valence electrons. The summed E-state index contributed by atoms with van der Waals surface area (Å²) in [5.41, 5.74) is 1.49. The monoisotopic (exact) mass is 413 g/mol.